The van der Waals surface area contributed by atoms with Crippen molar-refractivity contribution in [2.45, 2.75) is 6.92 Å². The summed E-state index contributed by atoms with van der Waals surface area (Å²) in [6.45, 7) is 0.986. The number of methoxy groups -OCH3 is 2. The quantitative estimate of drug-likeness (QED) is 0.450. The lowest BCUT2D eigenvalue weighted by atomic mass is 10.1. The van der Waals surface area contributed by atoms with Gasteiger partial charge in [-0.3, -0.25) is 14.9 Å². The van der Waals surface area contributed by atoms with Gasteiger partial charge in [-0.05, 0) is 24.6 Å². The topological polar surface area (TPSA) is 117 Å². The monoisotopic (exact) mass is 374 g/mol. The number of aryl methyl sites for hydroxylation is 1. The Balaban J connectivity index is 2.12. The lowest BCUT2D eigenvalue weighted by Gasteiger charge is -2.13. The molecule has 1 amide bonds. The molecule has 0 spiro atoms. The average Bonchev–Trinajstić information content (AvgIpc) is 2.66. The van der Waals surface area contributed by atoms with Crippen LogP contribution in [0.5, 0.6) is 11.5 Å². The molecule has 2 aromatic carbocycles. The van der Waals surface area contributed by atoms with E-state index in [1.54, 1.807) is 31.2 Å². The van der Waals surface area contributed by atoms with Crippen molar-refractivity contribution >= 4 is 23.3 Å². The summed E-state index contributed by atoms with van der Waals surface area (Å²) in [6.07, 6.45) is 0. The maximum atomic E-state index is 12.3. The van der Waals surface area contributed by atoms with E-state index in [0.717, 1.165) is 0 Å². The number of amides is 1. The van der Waals surface area contributed by atoms with Crippen LogP contribution in [0.4, 0.5) is 11.4 Å². The van der Waals surface area contributed by atoms with Gasteiger partial charge in [0.2, 0.25) is 0 Å². The van der Waals surface area contributed by atoms with Gasteiger partial charge in [-0.2, -0.15) is 0 Å². The Labute approximate surface area is 155 Å². The molecule has 0 aliphatic rings. The number of carbonyl (C=O) groups excluding carboxylic acids is 2. The summed E-state index contributed by atoms with van der Waals surface area (Å²) in [7, 11) is 2.77. The van der Waals surface area contributed by atoms with Crippen molar-refractivity contribution in [3.8, 4) is 11.5 Å². The van der Waals surface area contributed by atoms with Crippen molar-refractivity contribution in [2.24, 2.45) is 0 Å². The fraction of sp³-hybridized carbons (Fsp3) is 0.222. The first-order valence-corrected chi connectivity index (χ1v) is 7.81. The summed E-state index contributed by atoms with van der Waals surface area (Å²) in [6, 6.07) is 9.14. The Hall–Kier alpha value is -3.62. The first-order chi connectivity index (χ1) is 12.9. The molecule has 0 aliphatic heterocycles. The fourth-order valence-electron chi connectivity index (χ4n) is 2.40. The van der Waals surface area contributed by atoms with E-state index in [1.807, 2.05) is 0 Å². The second-order valence-electron chi connectivity index (χ2n) is 5.39. The Morgan fingerprint density at radius 1 is 1.07 bits per heavy atom. The molecule has 27 heavy (non-hydrogen) atoms. The van der Waals surface area contributed by atoms with Crippen LogP contribution in [0.3, 0.4) is 0 Å². The normalized spacial score (nSPS) is 10.0. The number of hydrogen-bond acceptors (Lipinski definition) is 7. The smallest absolute Gasteiger partial charge is 0.346 e. The number of anilines is 1. The number of hydrogen-bond donors (Lipinski definition) is 1. The van der Waals surface area contributed by atoms with E-state index in [4.69, 9.17) is 14.2 Å². The van der Waals surface area contributed by atoms with Gasteiger partial charge in [0, 0.05) is 6.07 Å². The summed E-state index contributed by atoms with van der Waals surface area (Å²) >= 11 is 0. The van der Waals surface area contributed by atoms with Crippen LogP contribution in [0.25, 0.3) is 0 Å². The number of nitro groups is 1. The zero-order valence-electron chi connectivity index (χ0n) is 15.0. The molecule has 0 bridgehead atoms. The lowest BCUT2D eigenvalue weighted by molar-refractivity contribution is -0.384. The Bertz CT molecular complexity index is 858. The molecular formula is C18H18N2O7. The zero-order valence-corrected chi connectivity index (χ0v) is 15.0. The van der Waals surface area contributed by atoms with Gasteiger partial charge < -0.3 is 19.5 Å². The van der Waals surface area contributed by atoms with E-state index in [0.29, 0.717) is 5.56 Å². The third-order valence-corrected chi connectivity index (χ3v) is 3.68. The van der Waals surface area contributed by atoms with Crippen molar-refractivity contribution in [1.82, 2.24) is 0 Å². The van der Waals surface area contributed by atoms with Crippen molar-refractivity contribution < 1.29 is 28.7 Å². The van der Waals surface area contributed by atoms with Crippen LogP contribution in [-0.4, -0.2) is 37.6 Å². The van der Waals surface area contributed by atoms with Crippen LogP contribution in [0.15, 0.2) is 36.4 Å². The van der Waals surface area contributed by atoms with Gasteiger partial charge in [0.25, 0.3) is 11.6 Å². The summed E-state index contributed by atoms with van der Waals surface area (Å²) < 4.78 is 15.2. The van der Waals surface area contributed by atoms with Crippen molar-refractivity contribution in [3.05, 3.63) is 57.6 Å². The predicted octanol–water partition coefficient (Wildman–Crippen LogP) is 2.72. The van der Waals surface area contributed by atoms with Crippen LogP contribution < -0.4 is 14.8 Å². The highest BCUT2D eigenvalue weighted by atomic mass is 16.6. The van der Waals surface area contributed by atoms with Gasteiger partial charge in [-0.25, -0.2) is 4.79 Å². The molecule has 0 radical (unpaired) electrons. The number of carbonyl (C=O) groups is 2. The highest BCUT2D eigenvalue weighted by Gasteiger charge is 2.22. The summed E-state index contributed by atoms with van der Waals surface area (Å²) in [5.41, 5.74) is 0.354. The van der Waals surface area contributed by atoms with Crippen molar-refractivity contribution in [3.63, 3.8) is 0 Å². The molecule has 0 saturated heterocycles. The Morgan fingerprint density at radius 3 is 2.22 bits per heavy atom. The molecule has 9 nitrogen and oxygen atoms in total. The number of nitro benzene ring substituents is 1. The summed E-state index contributed by atoms with van der Waals surface area (Å²) in [5.74, 6) is -1.07. The molecule has 0 aromatic heterocycles. The standard InChI is InChI=1S/C18H18N2O7/c1-11-6-4-7-12(20(23)24)17(11)19-15(21)10-27-18(22)16-13(25-2)8-5-9-14(16)26-3/h4-9H,10H2,1-3H3,(H,19,21). The molecule has 2 rings (SSSR count). The maximum Gasteiger partial charge on any atom is 0.346 e. The molecule has 0 aliphatic carbocycles. The number of rotatable bonds is 7. The van der Waals surface area contributed by atoms with Gasteiger partial charge in [0.1, 0.15) is 22.7 Å². The predicted molar refractivity (Wildman–Crippen MR) is 96.3 cm³/mol. The minimum Gasteiger partial charge on any atom is -0.496 e. The number of benzene rings is 2. The van der Waals surface area contributed by atoms with Crippen LogP contribution in [0.1, 0.15) is 15.9 Å². The molecule has 2 aromatic rings. The molecule has 0 atom stereocenters. The average molecular weight is 374 g/mol. The first-order valence-electron chi connectivity index (χ1n) is 7.81. The van der Waals surface area contributed by atoms with Gasteiger partial charge in [-0.15, -0.1) is 0 Å². The molecular weight excluding hydrogens is 356 g/mol. The molecule has 9 heteroatoms. The van der Waals surface area contributed by atoms with Gasteiger partial charge >= 0.3 is 5.97 Å². The number of para-hydroxylation sites is 1. The minimum atomic E-state index is -0.821. The van der Waals surface area contributed by atoms with Crippen LogP contribution in [-0.2, 0) is 9.53 Å². The van der Waals surface area contributed by atoms with E-state index < -0.39 is 23.4 Å². The molecule has 0 heterocycles. The van der Waals surface area contributed by atoms with E-state index in [9.17, 15) is 19.7 Å². The highest BCUT2D eigenvalue weighted by molar-refractivity contribution is 5.99. The molecule has 0 saturated carbocycles. The SMILES string of the molecule is COc1cccc(OC)c1C(=O)OCC(=O)Nc1c(C)cccc1[N+](=O)[O-]. The van der Waals surface area contributed by atoms with E-state index in [1.165, 1.54) is 26.4 Å². The third-order valence-electron chi connectivity index (χ3n) is 3.68. The van der Waals surface area contributed by atoms with Crippen molar-refractivity contribution in [2.75, 3.05) is 26.1 Å². The van der Waals surface area contributed by atoms with Crippen molar-refractivity contribution in [1.29, 1.82) is 0 Å². The Kier molecular flexibility index (Phi) is 6.32. The summed E-state index contributed by atoms with van der Waals surface area (Å²) in [4.78, 5) is 34.9. The van der Waals surface area contributed by atoms with E-state index >= 15 is 0 Å². The molecule has 142 valence electrons. The fourth-order valence-corrected chi connectivity index (χ4v) is 2.40. The van der Waals surface area contributed by atoms with Crippen LogP contribution in [0.2, 0.25) is 0 Å². The Morgan fingerprint density at radius 2 is 1.67 bits per heavy atom. The second kappa shape index (κ2) is 8.65. The van der Waals surface area contributed by atoms with Gasteiger partial charge in [0.15, 0.2) is 6.61 Å². The largest absolute Gasteiger partial charge is 0.496 e. The van der Waals surface area contributed by atoms with Crippen LogP contribution in [0, 0.1) is 17.0 Å². The highest BCUT2D eigenvalue weighted by Crippen LogP contribution is 2.29. The summed E-state index contributed by atoms with van der Waals surface area (Å²) in [5, 5.41) is 13.5. The lowest BCUT2D eigenvalue weighted by Crippen LogP contribution is -2.22. The molecule has 0 unspecified atom stereocenters. The minimum absolute atomic E-state index is 0.0390. The van der Waals surface area contributed by atoms with Gasteiger partial charge in [0.05, 0.1) is 19.1 Å². The van der Waals surface area contributed by atoms with E-state index in [2.05, 4.69) is 5.32 Å². The molecule has 1 N–H and O–H groups in total. The zero-order chi connectivity index (χ0) is 20.0. The number of nitrogens with one attached hydrogen (secondary N) is 1. The van der Waals surface area contributed by atoms with Crippen LogP contribution >= 0.6 is 0 Å². The first kappa shape index (κ1) is 19.7. The second-order valence-corrected chi connectivity index (χ2v) is 5.39. The number of nitrogens with zero attached hydrogens (tertiary/aromatic N) is 1. The third kappa shape index (κ3) is 4.51. The van der Waals surface area contributed by atoms with Gasteiger partial charge in [-0.1, -0.05) is 18.2 Å². The number of esters is 1. The maximum absolute atomic E-state index is 12.3. The molecule has 0 fully saturated rings. The number of ether oxygens (including phenoxy) is 3. The van der Waals surface area contributed by atoms with E-state index in [-0.39, 0.29) is 28.4 Å².